The van der Waals surface area contributed by atoms with E-state index in [1.807, 2.05) is 20.8 Å². The van der Waals surface area contributed by atoms with Crippen LogP contribution in [0.5, 0.6) is 11.5 Å². The predicted octanol–water partition coefficient (Wildman–Crippen LogP) is 3.97. The molecule has 56 heavy (non-hydrogen) atoms. The Kier molecular flexibility index (Phi) is 17.0. The quantitative estimate of drug-likeness (QED) is 0.120. The lowest BCUT2D eigenvalue weighted by Crippen LogP contribution is -2.60. The first-order valence-corrected chi connectivity index (χ1v) is 24.0. The smallest absolute Gasteiger partial charge is 0.263 e. The van der Waals surface area contributed by atoms with Gasteiger partial charge >= 0.3 is 0 Å². The summed E-state index contributed by atoms with van der Waals surface area (Å²) in [5, 5.41) is 18.3. The lowest BCUT2D eigenvalue weighted by molar-refractivity contribution is -0.134. The monoisotopic (exact) mass is 864 g/mol. The predicted molar refractivity (Wildman–Crippen MR) is 213 cm³/mol. The highest BCUT2D eigenvalue weighted by Gasteiger charge is 2.53. The number of carbonyl (C=O) groups excluding carboxylic acids is 2. The summed E-state index contributed by atoms with van der Waals surface area (Å²) < 4.78 is 89.1. The van der Waals surface area contributed by atoms with Crippen molar-refractivity contribution in [1.29, 1.82) is 0 Å². The molecule has 2 amide bonds. The summed E-state index contributed by atoms with van der Waals surface area (Å²) in [4.78, 5) is 24.7. The van der Waals surface area contributed by atoms with Crippen molar-refractivity contribution in [2.45, 2.75) is 111 Å². The maximum Gasteiger partial charge on any atom is 0.263 e. The van der Waals surface area contributed by atoms with E-state index in [0.717, 1.165) is 35.7 Å². The summed E-state index contributed by atoms with van der Waals surface area (Å²) in [5.74, 6) is -0.218. The molecule has 0 aliphatic carbocycles. The number of benzene rings is 2. The molecule has 16 nitrogen and oxygen atoms in total. The number of thioether (sulfide) groups is 1. The zero-order chi connectivity index (χ0) is 42.0. The Morgan fingerprint density at radius 1 is 0.750 bits per heavy atom. The highest BCUT2D eigenvalue weighted by atomic mass is 32.2. The van der Waals surface area contributed by atoms with E-state index in [2.05, 4.69) is 6.92 Å². The van der Waals surface area contributed by atoms with Gasteiger partial charge in [-0.15, -0.1) is 0 Å². The van der Waals surface area contributed by atoms with Crippen LogP contribution in [0.15, 0.2) is 58.3 Å². The van der Waals surface area contributed by atoms with Gasteiger partial charge in [0.05, 0.1) is 33.5 Å². The lowest BCUT2D eigenvalue weighted by atomic mass is 10.0. The van der Waals surface area contributed by atoms with Crippen molar-refractivity contribution in [3.05, 3.63) is 48.5 Å². The molecule has 0 unspecified atom stereocenters. The first-order valence-electron chi connectivity index (χ1n) is 18.5. The normalized spacial score (nSPS) is 21.3. The number of hydroxylamine groups is 2. The maximum atomic E-state index is 13.3. The molecule has 4 rings (SSSR count). The number of nitrogens with one attached hydrogen (secondary N) is 2. The number of rotatable bonds is 14. The van der Waals surface area contributed by atoms with Crippen molar-refractivity contribution in [2.75, 3.05) is 37.8 Å². The molecule has 0 saturated carbocycles. The molecule has 2 heterocycles. The summed E-state index contributed by atoms with van der Waals surface area (Å²) >= 11 is 1.52. The topological polar surface area (TPSA) is 226 Å². The van der Waals surface area contributed by atoms with Crippen LogP contribution in [-0.2, 0) is 39.5 Å². The largest absolute Gasteiger partial charge is 0.494 e. The van der Waals surface area contributed by atoms with E-state index < -0.39 is 63.3 Å². The Bertz CT molecular complexity index is 1940. The van der Waals surface area contributed by atoms with Gasteiger partial charge in [0.2, 0.25) is 20.0 Å². The Morgan fingerprint density at radius 3 is 1.59 bits per heavy atom. The fourth-order valence-corrected chi connectivity index (χ4v) is 12.8. The van der Waals surface area contributed by atoms with Gasteiger partial charge in [-0.05, 0) is 108 Å². The molecule has 0 aromatic heterocycles. The number of unbranched alkanes of at least 4 members (excludes halogenated alkanes) is 2. The summed E-state index contributed by atoms with van der Waals surface area (Å²) in [6.07, 6.45) is 4.45. The first-order chi connectivity index (χ1) is 26.2. The maximum absolute atomic E-state index is 13.3. The fourth-order valence-electron chi connectivity index (χ4n) is 6.32. The number of carbonyl (C=O) groups is 2. The van der Waals surface area contributed by atoms with E-state index in [4.69, 9.17) is 19.9 Å². The van der Waals surface area contributed by atoms with Gasteiger partial charge < -0.3 is 9.47 Å². The second kappa shape index (κ2) is 20.1. The van der Waals surface area contributed by atoms with E-state index in [1.54, 1.807) is 17.6 Å². The highest BCUT2D eigenvalue weighted by molar-refractivity contribution is 8.00. The average Bonchev–Trinajstić information content (AvgIpc) is 3.38. The van der Waals surface area contributed by atoms with Crippen LogP contribution >= 0.6 is 11.8 Å². The molecule has 0 spiro atoms. The number of nitrogens with zero attached hydrogens (tertiary/aromatic N) is 2. The number of sulfonamides is 2. The van der Waals surface area contributed by atoms with Gasteiger partial charge in [0.15, 0.2) is 9.84 Å². The fraction of sp³-hybridized carbons (Fsp3) is 0.611. The van der Waals surface area contributed by atoms with Crippen LogP contribution in [0, 0.1) is 0 Å². The van der Waals surface area contributed by atoms with Crippen LogP contribution in [0.2, 0.25) is 0 Å². The summed E-state index contributed by atoms with van der Waals surface area (Å²) in [7, 11) is -11.9. The molecule has 20 heteroatoms. The number of amides is 2. The van der Waals surface area contributed by atoms with Crippen LogP contribution in [-0.4, -0.2) is 115 Å². The Hall–Kier alpha value is -2.98. The molecule has 316 valence electrons. The van der Waals surface area contributed by atoms with Gasteiger partial charge in [-0.2, -0.15) is 20.4 Å². The minimum Gasteiger partial charge on any atom is -0.494 e. The Balaban J connectivity index is 0.000000301. The highest BCUT2D eigenvalue weighted by Crippen LogP contribution is 2.38. The molecular weight excluding hydrogens is 809 g/mol. The Labute approximate surface area is 335 Å². The van der Waals surface area contributed by atoms with E-state index in [9.17, 15) is 34.8 Å². The number of hydrogen-bond acceptors (Lipinski definition) is 13. The van der Waals surface area contributed by atoms with Crippen molar-refractivity contribution in [3.63, 3.8) is 0 Å². The summed E-state index contributed by atoms with van der Waals surface area (Å²) in [6, 6.07) is 9.36. The van der Waals surface area contributed by atoms with Crippen LogP contribution in [0.1, 0.15) is 80.1 Å². The van der Waals surface area contributed by atoms with Crippen LogP contribution < -0.4 is 20.4 Å². The molecule has 0 bridgehead atoms. The molecule has 2 saturated heterocycles. The second-order valence-electron chi connectivity index (χ2n) is 14.4. The molecular formula is C36H56N4O12S4. The molecule has 2 fully saturated rings. The lowest BCUT2D eigenvalue weighted by Gasteiger charge is -2.36. The average molecular weight is 865 g/mol. The third-order valence-corrected chi connectivity index (χ3v) is 17.5. The SMILES string of the molecule is CCCCOc1ccc(S(=O)(=O)N2CCCS(=O)(=O)C(C)(C)[C@@H]2C(=O)NO)cc1.CCCCOc1ccc(S(=O)(=O)N2CCCSC(C)(C)[C@@H]2C(=O)NO)cc1. The van der Waals surface area contributed by atoms with Crippen molar-refractivity contribution < 1.29 is 54.7 Å². The molecule has 2 aliphatic rings. The van der Waals surface area contributed by atoms with Crippen LogP contribution in [0.25, 0.3) is 0 Å². The van der Waals surface area contributed by atoms with Gasteiger partial charge in [0.1, 0.15) is 23.6 Å². The van der Waals surface area contributed by atoms with Crippen LogP contribution in [0.3, 0.4) is 0 Å². The van der Waals surface area contributed by atoms with Crippen molar-refractivity contribution in [2.24, 2.45) is 0 Å². The van der Waals surface area contributed by atoms with E-state index in [-0.39, 0.29) is 35.1 Å². The molecule has 4 N–H and O–H groups in total. The number of hydrogen-bond donors (Lipinski definition) is 4. The van der Waals surface area contributed by atoms with E-state index in [1.165, 1.54) is 71.8 Å². The second-order valence-corrected chi connectivity index (χ2v) is 22.6. The standard InChI is InChI=1S/C18H28N2O7S2.C18H28N2O5S2/c1-4-5-12-27-14-7-9-15(10-8-14)29(25,26)20-11-6-13-28(23,24)18(2,3)16(20)17(21)19-22;1-4-5-12-25-14-7-9-15(10-8-14)27(23,24)20-11-6-13-26-18(2,3)16(20)17(21)19-22/h7-10,16,22H,4-6,11-13H2,1-3H3,(H,19,21);7-10,16,22H,4-6,11-13H2,1-3H3,(H,19,21)/t2*16-/m00/s1. The van der Waals surface area contributed by atoms with E-state index in [0.29, 0.717) is 31.1 Å². The summed E-state index contributed by atoms with van der Waals surface area (Å²) in [6.45, 7) is 11.5. The third kappa shape index (κ3) is 11.1. The minimum absolute atomic E-state index is 0.0401. The number of sulfone groups is 1. The van der Waals surface area contributed by atoms with Gasteiger partial charge in [-0.25, -0.2) is 36.2 Å². The van der Waals surface area contributed by atoms with Crippen molar-refractivity contribution in [1.82, 2.24) is 19.6 Å². The molecule has 2 aromatic rings. The molecule has 2 atom stereocenters. The third-order valence-electron chi connectivity index (χ3n) is 9.59. The number of ether oxygens (including phenoxy) is 2. The van der Waals surface area contributed by atoms with Crippen molar-refractivity contribution >= 4 is 53.5 Å². The minimum atomic E-state index is -4.21. The van der Waals surface area contributed by atoms with E-state index >= 15 is 0 Å². The molecule has 2 aliphatic heterocycles. The van der Waals surface area contributed by atoms with Gasteiger partial charge in [-0.1, -0.05) is 26.7 Å². The van der Waals surface area contributed by atoms with Crippen molar-refractivity contribution in [3.8, 4) is 11.5 Å². The van der Waals surface area contributed by atoms with Gasteiger partial charge in [0.25, 0.3) is 11.8 Å². The Morgan fingerprint density at radius 2 is 1.16 bits per heavy atom. The van der Waals surface area contributed by atoms with Crippen LogP contribution in [0.4, 0.5) is 0 Å². The molecule has 2 aromatic carbocycles. The zero-order valence-electron chi connectivity index (χ0n) is 32.8. The molecule has 0 radical (unpaired) electrons. The first kappa shape index (κ1) is 47.4. The summed E-state index contributed by atoms with van der Waals surface area (Å²) in [5.41, 5.74) is 3.05. The van der Waals surface area contributed by atoms with Gasteiger partial charge in [0, 0.05) is 17.8 Å². The van der Waals surface area contributed by atoms with Gasteiger partial charge in [-0.3, -0.25) is 20.0 Å². The zero-order valence-corrected chi connectivity index (χ0v) is 36.0.